The second kappa shape index (κ2) is 8.27. The van der Waals surface area contributed by atoms with Crippen molar-refractivity contribution in [1.82, 2.24) is 10.5 Å². The van der Waals surface area contributed by atoms with Crippen LogP contribution >= 0.6 is 11.6 Å². The lowest BCUT2D eigenvalue weighted by atomic mass is 9.78. The maximum Gasteiger partial charge on any atom is 0.126 e. The highest BCUT2D eigenvalue weighted by atomic mass is 35.5. The predicted octanol–water partition coefficient (Wildman–Crippen LogP) is 5.11. The van der Waals surface area contributed by atoms with E-state index in [1.54, 1.807) is 6.07 Å². The number of halogens is 1. The van der Waals surface area contributed by atoms with E-state index in [9.17, 15) is 5.21 Å². The van der Waals surface area contributed by atoms with E-state index in [2.05, 4.69) is 21.5 Å². The third-order valence-electron chi connectivity index (χ3n) is 4.69. The molecular formula is C19H22ClN3O. The molecule has 24 heavy (non-hydrogen) atoms. The number of nitrogens with one attached hydrogen (secondary N) is 1. The fourth-order valence-electron chi connectivity index (χ4n) is 3.41. The number of amidine groups is 1. The van der Waals surface area contributed by atoms with Crippen molar-refractivity contribution < 1.29 is 5.21 Å². The van der Waals surface area contributed by atoms with E-state index >= 15 is 0 Å². The lowest BCUT2D eigenvalue weighted by Gasteiger charge is -2.28. The van der Waals surface area contributed by atoms with Gasteiger partial charge in [0, 0.05) is 23.8 Å². The van der Waals surface area contributed by atoms with Crippen LogP contribution in [0.3, 0.4) is 0 Å². The van der Waals surface area contributed by atoms with E-state index in [4.69, 9.17) is 11.6 Å². The van der Waals surface area contributed by atoms with E-state index in [-0.39, 0.29) is 0 Å². The molecule has 0 saturated heterocycles. The molecule has 1 aromatic heterocycles. The molecule has 0 bridgehead atoms. The molecule has 1 heterocycles. The molecule has 4 nitrogen and oxygen atoms in total. The van der Waals surface area contributed by atoms with Crippen LogP contribution in [0.4, 0.5) is 5.69 Å². The fraction of sp³-hybridized carbons (Fsp3) is 0.368. The summed E-state index contributed by atoms with van der Waals surface area (Å²) in [5.41, 5.74) is 4.35. The Hall–Kier alpha value is -1.91. The molecule has 0 atom stereocenters. The van der Waals surface area contributed by atoms with Crippen molar-refractivity contribution in [3.05, 3.63) is 59.4 Å². The lowest BCUT2D eigenvalue weighted by Crippen LogP contribution is -2.24. The van der Waals surface area contributed by atoms with Gasteiger partial charge in [-0.25, -0.2) is 4.99 Å². The van der Waals surface area contributed by atoms with Crippen molar-refractivity contribution >= 4 is 23.1 Å². The fourth-order valence-corrected chi connectivity index (χ4v) is 3.59. The Morgan fingerprint density at radius 1 is 1.21 bits per heavy atom. The highest BCUT2D eigenvalue weighted by molar-refractivity contribution is 6.30. The third kappa shape index (κ3) is 4.56. The van der Waals surface area contributed by atoms with Gasteiger partial charge in [0.25, 0.3) is 0 Å². The van der Waals surface area contributed by atoms with Crippen molar-refractivity contribution in [1.29, 1.82) is 0 Å². The Morgan fingerprint density at radius 2 is 2.04 bits per heavy atom. The molecular weight excluding hydrogens is 322 g/mol. The van der Waals surface area contributed by atoms with Gasteiger partial charge in [-0.15, -0.1) is 0 Å². The molecule has 5 heteroatoms. The van der Waals surface area contributed by atoms with Crippen LogP contribution in [-0.4, -0.2) is 16.0 Å². The Morgan fingerprint density at radius 3 is 2.71 bits per heavy atom. The number of nitrogens with zero attached hydrogens (tertiary/aromatic N) is 2. The number of hydrogen-bond donors (Lipinski definition) is 2. The summed E-state index contributed by atoms with van der Waals surface area (Å²) in [5, 5.41) is 10.0. The van der Waals surface area contributed by atoms with Gasteiger partial charge in [0.15, 0.2) is 0 Å². The zero-order chi connectivity index (χ0) is 16.8. The van der Waals surface area contributed by atoms with Crippen LogP contribution in [0.5, 0.6) is 0 Å². The van der Waals surface area contributed by atoms with E-state index in [1.165, 1.54) is 5.56 Å². The molecule has 1 aromatic carbocycles. The minimum absolute atomic E-state index is 0.538. The third-order valence-corrected chi connectivity index (χ3v) is 4.92. The van der Waals surface area contributed by atoms with E-state index in [0.29, 0.717) is 22.7 Å². The van der Waals surface area contributed by atoms with E-state index < -0.39 is 0 Å². The first-order valence-electron chi connectivity index (χ1n) is 8.38. The van der Waals surface area contributed by atoms with Crippen LogP contribution in [0, 0.1) is 5.92 Å². The van der Waals surface area contributed by atoms with Gasteiger partial charge in [0.05, 0.1) is 5.69 Å². The van der Waals surface area contributed by atoms with Crippen LogP contribution in [0.1, 0.15) is 43.6 Å². The van der Waals surface area contributed by atoms with E-state index in [1.807, 2.05) is 36.7 Å². The predicted molar refractivity (Wildman–Crippen MR) is 97.0 cm³/mol. The molecule has 2 N–H and O–H groups in total. The molecule has 1 saturated carbocycles. The summed E-state index contributed by atoms with van der Waals surface area (Å²) in [7, 11) is 0. The maximum atomic E-state index is 9.40. The quantitative estimate of drug-likeness (QED) is 0.461. The largest absolute Gasteiger partial charge is 0.290 e. The number of aromatic nitrogens is 1. The molecule has 1 aliphatic carbocycles. The van der Waals surface area contributed by atoms with Crippen LogP contribution in [0.15, 0.2) is 53.8 Å². The molecule has 0 spiro atoms. The minimum Gasteiger partial charge on any atom is -0.290 e. The zero-order valence-corrected chi connectivity index (χ0v) is 14.3. The first kappa shape index (κ1) is 16.9. The Balaban J connectivity index is 1.58. The molecule has 0 unspecified atom stereocenters. The van der Waals surface area contributed by atoms with Crippen molar-refractivity contribution in [3.8, 4) is 0 Å². The highest BCUT2D eigenvalue weighted by Crippen LogP contribution is 2.36. The second-order valence-electron chi connectivity index (χ2n) is 6.36. The number of rotatable bonds is 4. The smallest absolute Gasteiger partial charge is 0.126 e. The Bertz CT molecular complexity index is 682. The van der Waals surface area contributed by atoms with Crippen LogP contribution < -0.4 is 5.48 Å². The highest BCUT2D eigenvalue weighted by Gasteiger charge is 2.23. The van der Waals surface area contributed by atoms with Gasteiger partial charge in [-0.2, -0.15) is 0 Å². The van der Waals surface area contributed by atoms with Gasteiger partial charge >= 0.3 is 0 Å². The lowest BCUT2D eigenvalue weighted by molar-refractivity contribution is 0.226. The van der Waals surface area contributed by atoms with Crippen molar-refractivity contribution in [2.24, 2.45) is 10.9 Å². The van der Waals surface area contributed by atoms with E-state index in [0.717, 1.165) is 37.8 Å². The normalized spacial score (nSPS) is 21.5. The first-order chi connectivity index (χ1) is 11.7. The number of pyridine rings is 1. The average molecular weight is 344 g/mol. The number of hydroxylamine groups is 1. The van der Waals surface area contributed by atoms with Crippen LogP contribution in [-0.2, 0) is 0 Å². The summed E-state index contributed by atoms with van der Waals surface area (Å²) in [6.07, 6.45) is 9.14. The SMILES string of the molecule is ONC(CC1CCC(c2cccnc2)CC1)=Nc1cccc(Cl)c1. The zero-order valence-electron chi connectivity index (χ0n) is 13.5. The van der Waals surface area contributed by atoms with Crippen LogP contribution in [0.2, 0.25) is 5.02 Å². The second-order valence-corrected chi connectivity index (χ2v) is 6.79. The summed E-state index contributed by atoms with van der Waals surface area (Å²) in [4.78, 5) is 8.69. The molecule has 0 amide bonds. The van der Waals surface area contributed by atoms with Gasteiger partial charge in [-0.05, 0) is 67.3 Å². The molecule has 0 aliphatic heterocycles. The topological polar surface area (TPSA) is 57.5 Å². The van der Waals surface area contributed by atoms with Gasteiger partial charge in [0.1, 0.15) is 5.84 Å². The average Bonchev–Trinajstić information content (AvgIpc) is 2.62. The molecule has 2 aromatic rings. The maximum absolute atomic E-state index is 9.40. The Labute approximate surface area is 147 Å². The summed E-state index contributed by atoms with van der Waals surface area (Å²) in [6.45, 7) is 0. The van der Waals surface area contributed by atoms with Gasteiger partial charge < -0.3 is 0 Å². The molecule has 0 radical (unpaired) electrons. The van der Waals surface area contributed by atoms with Gasteiger partial charge in [-0.1, -0.05) is 23.7 Å². The van der Waals surface area contributed by atoms with Crippen LogP contribution in [0.25, 0.3) is 0 Å². The van der Waals surface area contributed by atoms with Gasteiger partial charge in [0.2, 0.25) is 0 Å². The summed E-state index contributed by atoms with van der Waals surface area (Å²) >= 11 is 5.98. The first-order valence-corrected chi connectivity index (χ1v) is 8.75. The van der Waals surface area contributed by atoms with Crippen molar-refractivity contribution in [2.75, 3.05) is 0 Å². The standard InChI is InChI=1S/C19H22ClN3O/c20-17-4-1-5-18(12-17)22-19(23-24)11-14-6-8-15(9-7-14)16-3-2-10-21-13-16/h1-5,10,12-15,24H,6-9,11H2,(H,22,23). The monoisotopic (exact) mass is 343 g/mol. The molecule has 1 fully saturated rings. The summed E-state index contributed by atoms with van der Waals surface area (Å²) < 4.78 is 0. The van der Waals surface area contributed by atoms with Crippen molar-refractivity contribution in [3.63, 3.8) is 0 Å². The number of aliphatic imine (C=N–C) groups is 1. The van der Waals surface area contributed by atoms with Gasteiger partial charge in [-0.3, -0.25) is 15.7 Å². The summed E-state index contributed by atoms with van der Waals surface area (Å²) in [5.74, 6) is 1.74. The Kier molecular flexibility index (Phi) is 5.83. The molecule has 126 valence electrons. The minimum atomic E-state index is 0.538. The summed E-state index contributed by atoms with van der Waals surface area (Å²) in [6, 6.07) is 11.5. The number of hydrogen-bond acceptors (Lipinski definition) is 3. The molecule has 1 aliphatic rings. The number of benzene rings is 1. The van der Waals surface area contributed by atoms with Crippen molar-refractivity contribution in [2.45, 2.75) is 38.0 Å². The molecule has 3 rings (SSSR count).